The first-order chi connectivity index (χ1) is 9.22. The minimum absolute atomic E-state index is 0.915. The predicted octanol–water partition coefficient (Wildman–Crippen LogP) is 3.76. The first-order valence-electron chi connectivity index (χ1n) is 6.29. The number of aromatic nitrogens is 3. The molecule has 0 aliphatic heterocycles. The lowest BCUT2D eigenvalue weighted by Crippen LogP contribution is -1.88. The maximum Gasteiger partial charge on any atom is 0.0887 e. The monoisotopic (exact) mass is 249 g/mol. The van der Waals surface area contributed by atoms with Crippen molar-refractivity contribution in [2.75, 3.05) is 0 Å². The van der Waals surface area contributed by atoms with Gasteiger partial charge in [-0.25, -0.2) is 4.98 Å². The molecule has 3 heteroatoms. The minimum atomic E-state index is 0.915. The Bertz CT molecular complexity index is 696. The lowest BCUT2D eigenvalue weighted by molar-refractivity contribution is 1.05. The van der Waals surface area contributed by atoms with E-state index >= 15 is 0 Å². The van der Waals surface area contributed by atoms with Gasteiger partial charge >= 0.3 is 0 Å². The van der Waals surface area contributed by atoms with E-state index < -0.39 is 0 Å². The second kappa shape index (κ2) is 4.69. The number of nitrogens with one attached hydrogen (secondary N) is 1. The third kappa shape index (κ3) is 2.40. The number of hydrogen-bond acceptors (Lipinski definition) is 2. The fraction of sp³-hybridized carbons (Fsp3) is 0.125. The summed E-state index contributed by atoms with van der Waals surface area (Å²) in [6.45, 7) is 4.05. The molecule has 1 aromatic carbocycles. The number of rotatable bonds is 2. The van der Waals surface area contributed by atoms with E-state index in [-0.39, 0.29) is 0 Å². The summed E-state index contributed by atoms with van der Waals surface area (Å²) in [5, 5.41) is 7.14. The Morgan fingerprint density at radius 1 is 0.895 bits per heavy atom. The topological polar surface area (TPSA) is 41.6 Å². The van der Waals surface area contributed by atoms with Crippen LogP contribution in [0.5, 0.6) is 0 Å². The van der Waals surface area contributed by atoms with Crippen molar-refractivity contribution in [3.05, 3.63) is 59.8 Å². The molecule has 3 aromatic rings. The molecule has 0 atom stereocenters. The molecule has 0 bridgehead atoms. The summed E-state index contributed by atoms with van der Waals surface area (Å²) in [5.74, 6) is 0. The highest BCUT2D eigenvalue weighted by atomic mass is 15.1. The molecular formula is C16H15N3. The Labute approximate surface area is 112 Å². The maximum atomic E-state index is 4.68. The van der Waals surface area contributed by atoms with Gasteiger partial charge in [-0.3, -0.25) is 5.10 Å². The molecule has 0 aliphatic rings. The highest BCUT2D eigenvalue weighted by molar-refractivity contribution is 5.64. The average Bonchev–Trinajstić information content (AvgIpc) is 2.86. The number of pyridine rings is 1. The second-order valence-electron chi connectivity index (χ2n) is 4.70. The summed E-state index contributed by atoms with van der Waals surface area (Å²) in [4.78, 5) is 4.68. The highest BCUT2D eigenvalue weighted by Gasteiger charge is 2.05. The van der Waals surface area contributed by atoms with Crippen LogP contribution in [0.1, 0.15) is 11.3 Å². The van der Waals surface area contributed by atoms with Gasteiger partial charge in [-0.1, -0.05) is 35.9 Å². The van der Waals surface area contributed by atoms with E-state index in [0.29, 0.717) is 0 Å². The number of H-pyrrole nitrogens is 1. The molecule has 0 unspecified atom stereocenters. The SMILES string of the molecule is Cc1ccc(-c2cccc(-c3cc(C)n[nH]3)n2)cc1. The van der Waals surface area contributed by atoms with E-state index in [4.69, 9.17) is 0 Å². The zero-order chi connectivity index (χ0) is 13.2. The van der Waals surface area contributed by atoms with Crippen LogP contribution >= 0.6 is 0 Å². The number of benzene rings is 1. The molecule has 0 fully saturated rings. The van der Waals surface area contributed by atoms with Gasteiger partial charge in [0.2, 0.25) is 0 Å². The van der Waals surface area contributed by atoms with Crippen molar-refractivity contribution in [2.45, 2.75) is 13.8 Å². The van der Waals surface area contributed by atoms with Crippen LogP contribution in [-0.2, 0) is 0 Å². The van der Waals surface area contributed by atoms with Gasteiger partial charge in [-0.05, 0) is 32.0 Å². The van der Waals surface area contributed by atoms with Crippen LogP contribution < -0.4 is 0 Å². The molecule has 0 spiro atoms. The second-order valence-corrected chi connectivity index (χ2v) is 4.70. The molecule has 19 heavy (non-hydrogen) atoms. The molecule has 1 N–H and O–H groups in total. The van der Waals surface area contributed by atoms with E-state index in [9.17, 15) is 0 Å². The maximum absolute atomic E-state index is 4.68. The van der Waals surface area contributed by atoms with Crippen molar-refractivity contribution in [3.63, 3.8) is 0 Å². The zero-order valence-electron chi connectivity index (χ0n) is 11.0. The van der Waals surface area contributed by atoms with Gasteiger partial charge < -0.3 is 0 Å². The summed E-state index contributed by atoms with van der Waals surface area (Å²) in [7, 11) is 0. The lowest BCUT2D eigenvalue weighted by atomic mass is 10.1. The molecule has 0 amide bonds. The molecule has 2 heterocycles. The van der Waals surface area contributed by atoms with Gasteiger partial charge in [0.1, 0.15) is 0 Å². The number of nitrogens with zero attached hydrogens (tertiary/aromatic N) is 2. The van der Waals surface area contributed by atoms with E-state index in [1.54, 1.807) is 0 Å². The molecule has 0 aliphatic carbocycles. The Hall–Kier alpha value is -2.42. The van der Waals surface area contributed by atoms with E-state index in [1.165, 1.54) is 5.56 Å². The summed E-state index contributed by atoms with van der Waals surface area (Å²) in [6, 6.07) is 16.4. The number of aryl methyl sites for hydroxylation is 2. The van der Waals surface area contributed by atoms with Crippen LogP contribution in [-0.4, -0.2) is 15.2 Å². The molecular weight excluding hydrogens is 234 g/mol. The van der Waals surface area contributed by atoms with Gasteiger partial charge in [0.15, 0.2) is 0 Å². The number of hydrogen-bond donors (Lipinski definition) is 1. The van der Waals surface area contributed by atoms with Crippen LogP contribution in [0.25, 0.3) is 22.6 Å². The third-order valence-electron chi connectivity index (χ3n) is 3.08. The fourth-order valence-corrected chi connectivity index (χ4v) is 2.02. The van der Waals surface area contributed by atoms with Crippen molar-refractivity contribution < 1.29 is 0 Å². The van der Waals surface area contributed by atoms with Crippen LogP contribution in [0.4, 0.5) is 0 Å². The van der Waals surface area contributed by atoms with Crippen LogP contribution in [0.2, 0.25) is 0 Å². The summed E-state index contributed by atoms with van der Waals surface area (Å²) >= 11 is 0. The third-order valence-corrected chi connectivity index (χ3v) is 3.08. The Morgan fingerprint density at radius 3 is 2.32 bits per heavy atom. The molecule has 94 valence electrons. The van der Waals surface area contributed by atoms with Crippen molar-refractivity contribution in [1.82, 2.24) is 15.2 Å². The normalized spacial score (nSPS) is 10.6. The number of aromatic amines is 1. The fourth-order valence-electron chi connectivity index (χ4n) is 2.02. The molecule has 2 aromatic heterocycles. The molecule has 0 saturated carbocycles. The Morgan fingerprint density at radius 2 is 1.63 bits per heavy atom. The summed E-state index contributed by atoms with van der Waals surface area (Å²) in [5.41, 5.74) is 6.19. The molecule has 0 saturated heterocycles. The Balaban J connectivity index is 2.02. The van der Waals surface area contributed by atoms with Gasteiger partial charge in [0.25, 0.3) is 0 Å². The van der Waals surface area contributed by atoms with Gasteiger partial charge in [0, 0.05) is 5.56 Å². The first-order valence-corrected chi connectivity index (χ1v) is 6.29. The van der Waals surface area contributed by atoms with Crippen molar-refractivity contribution in [1.29, 1.82) is 0 Å². The first kappa shape index (κ1) is 11.7. The Kier molecular flexibility index (Phi) is 2.88. The summed E-state index contributed by atoms with van der Waals surface area (Å²) in [6.07, 6.45) is 0. The standard InChI is InChI=1S/C16H15N3/c1-11-6-8-13(9-7-11)14-4-3-5-15(17-14)16-10-12(2)18-19-16/h3-10H,1-2H3,(H,18,19). The minimum Gasteiger partial charge on any atom is -0.276 e. The molecule has 3 rings (SSSR count). The van der Waals surface area contributed by atoms with Crippen LogP contribution in [0.3, 0.4) is 0 Å². The zero-order valence-corrected chi connectivity index (χ0v) is 11.0. The quantitative estimate of drug-likeness (QED) is 0.751. The van der Waals surface area contributed by atoms with E-state index in [1.807, 2.05) is 31.2 Å². The van der Waals surface area contributed by atoms with E-state index in [0.717, 1.165) is 28.3 Å². The van der Waals surface area contributed by atoms with E-state index in [2.05, 4.69) is 46.4 Å². The van der Waals surface area contributed by atoms with Gasteiger partial charge in [-0.15, -0.1) is 0 Å². The summed E-state index contributed by atoms with van der Waals surface area (Å²) < 4.78 is 0. The molecule has 0 radical (unpaired) electrons. The van der Waals surface area contributed by atoms with Gasteiger partial charge in [-0.2, -0.15) is 5.10 Å². The molecule has 3 nitrogen and oxygen atoms in total. The van der Waals surface area contributed by atoms with Crippen LogP contribution in [0.15, 0.2) is 48.5 Å². The largest absolute Gasteiger partial charge is 0.276 e. The smallest absolute Gasteiger partial charge is 0.0887 e. The predicted molar refractivity (Wildman–Crippen MR) is 76.7 cm³/mol. The van der Waals surface area contributed by atoms with Gasteiger partial charge in [0.05, 0.1) is 22.8 Å². The highest BCUT2D eigenvalue weighted by Crippen LogP contribution is 2.22. The average molecular weight is 249 g/mol. The lowest BCUT2D eigenvalue weighted by Gasteiger charge is -2.03. The van der Waals surface area contributed by atoms with Crippen molar-refractivity contribution >= 4 is 0 Å². The van der Waals surface area contributed by atoms with Crippen LogP contribution in [0, 0.1) is 13.8 Å². The van der Waals surface area contributed by atoms with Crippen molar-refractivity contribution in [3.8, 4) is 22.6 Å². The van der Waals surface area contributed by atoms with Crippen molar-refractivity contribution in [2.24, 2.45) is 0 Å².